The first-order valence-corrected chi connectivity index (χ1v) is 8.52. The minimum absolute atomic E-state index is 0.895. The van der Waals surface area contributed by atoms with Crippen LogP contribution in [0.4, 0.5) is 0 Å². The molecule has 0 heterocycles. The van der Waals surface area contributed by atoms with Gasteiger partial charge in [0.05, 0.1) is 0 Å². The third-order valence-electron chi connectivity index (χ3n) is 4.10. The third-order valence-corrected chi connectivity index (χ3v) is 4.48. The average molecular weight is 308 g/mol. The van der Waals surface area contributed by atoms with E-state index in [4.69, 9.17) is 12.2 Å². The summed E-state index contributed by atoms with van der Waals surface area (Å²) in [7, 11) is 0. The molecule has 0 aromatic heterocycles. The summed E-state index contributed by atoms with van der Waals surface area (Å²) in [6.45, 7) is 6.59. The van der Waals surface area contributed by atoms with Crippen LogP contribution >= 0.6 is 12.2 Å². The van der Waals surface area contributed by atoms with Crippen LogP contribution in [0.1, 0.15) is 48.6 Å². The Labute approximate surface area is 139 Å². The molecule has 0 aliphatic heterocycles. The molecular weight excluding hydrogens is 284 g/mol. The second-order valence-electron chi connectivity index (χ2n) is 5.44. The monoisotopic (exact) mass is 308 g/mol. The summed E-state index contributed by atoms with van der Waals surface area (Å²) < 4.78 is 0. The lowest BCUT2D eigenvalue weighted by molar-refractivity contribution is 1.03. The van der Waals surface area contributed by atoms with Gasteiger partial charge in [0.25, 0.3) is 0 Å². The maximum atomic E-state index is 5.55. The van der Waals surface area contributed by atoms with Crippen molar-refractivity contribution in [1.82, 2.24) is 0 Å². The second-order valence-corrected chi connectivity index (χ2v) is 5.88. The van der Waals surface area contributed by atoms with Crippen molar-refractivity contribution in [2.75, 3.05) is 0 Å². The summed E-state index contributed by atoms with van der Waals surface area (Å²) in [4.78, 5) is 0.895. The molecule has 0 aliphatic carbocycles. The van der Waals surface area contributed by atoms with Gasteiger partial charge in [-0.1, -0.05) is 81.5 Å². The molecule has 0 saturated heterocycles. The lowest BCUT2D eigenvalue weighted by Crippen LogP contribution is -1.96. The van der Waals surface area contributed by atoms with Gasteiger partial charge in [-0.25, -0.2) is 0 Å². The van der Waals surface area contributed by atoms with Gasteiger partial charge in [-0.05, 0) is 53.2 Å². The SMILES string of the molecule is CCc1ccc(C(=S)C=Cc2cccc(CC)c2CC)cc1. The van der Waals surface area contributed by atoms with E-state index in [-0.39, 0.29) is 0 Å². The van der Waals surface area contributed by atoms with E-state index < -0.39 is 0 Å². The topological polar surface area (TPSA) is 0 Å². The summed E-state index contributed by atoms with van der Waals surface area (Å²) >= 11 is 5.55. The highest BCUT2D eigenvalue weighted by atomic mass is 32.1. The van der Waals surface area contributed by atoms with Gasteiger partial charge in [0, 0.05) is 4.86 Å². The van der Waals surface area contributed by atoms with Crippen molar-refractivity contribution in [2.45, 2.75) is 40.0 Å². The molecule has 22 heavy (non-hydrogen) atoms. The zero-order valence-corrected chi connectivity index (χ0v) is 14.5. The fourth-order valence-electron chi connectivity index (χ4n) is 2.74. The number of allylic oxidation sites excluding steroid dienone is 1. The maximum Gasteiger partial charge on any atom is 0.0449 e. The maximum absolute atomic E-state index is 5.55. The molecule has 0 atom stereocenters. The predicted octanol–water partition coefficient (Wildman–Crippen LogP) is 5.81. The van der Waals surface area contributed by atoms with Crippen LogP contribution in [0.15, 0.2) is 48.5 Å². The van der Waals surface area contributed by atoms with Gasteiger partial charge in [-0.15, -0.1) is 0 Å². The molecule has 0 saturated carbocycles. The van der Waals surface area contributed by atoms with Crippen LogP contribution < -0.4 is 0 Å². The third kappa shape index (κ3) is 3.92. The number of rotatable bonds is 6. The van der Waals surface area contributed by atoms with Gasteiger partial charge >= 0.3 is 0 Å². The summed E-state index contributed by atoms with van der Waals surface area (Å²) in [6.07, 6.45) is 7.42. The first-order valence-electron chi connectivity index (χ1n) is 8.11. The van der Waals surface area contributed by atoms with E-state index in [9.17, 15) is 0 Å². The molecule has 0 radical (unpaired) electrons. The molecule has 0 unspecified atom stereocenters. The summed E-state index contributed by atoms with van der Waals surface area (Å²) in [5, 5.41) is 0. The van der Waals surface area contributed by atoms with Crippen LogP contribution in [0.5, 0.6) is 0 Å². The van der Waals surface area contributed by atoms with Crippen LogP contribution in [-0.4, -0.2) is 4.86 Å². The molecule has 1 heteroatoms. The average Bonchev–Trinajstić information content (AvgIpc) is 2.59. The van der Waals surface area contributed by atoms with E-state index in [0.29, 0.717) is 0 Å². The van der Waals surface area contributed by atoms with E-state index in [2.05, 4.69) is 75.4 Å². The van der Waals surface area contributed by atoms with Gasteiger partial charge < -0.3 is 0 Å². The molecule has 2 rings (SSSR count). The van der Waals surface area contributed by atoms with Gasteiger partial charge in [0.15, 0.2) is 0 Å². The minimum atomic E-state index is 0.895. The van der Waals surface area contributed by atoms with E-state index in [1.165, 1.54) is 22.3 Å². The number of benzene rings is 2. The van der Waals surface area contributed by atoms with Crippen LogP contribution in [0.25, 0.3) is 6.08 Å². The molecule has 2 aromatic rings. The van der Waals surface area contributed by atoms with Crippen LogP contribution in [0.3, 0.4) is 0 Å². The van der Waals surface area contributed by atoms with Gasteiger partial charge in [-0.3, -0.25) is 0 Å². The molecule has 0 fully saturated rings. The molecule has 2 aromatic carbocycles. The van der Waals surface area contributed by atoms with Crippen molar-refractivity contribution in [2.24, 2.45) is 0 Å². The number of thiocarbonyl (C=S) groups is 1. The first-order chi connectivity index (χ1) is 10.7. The Morgan fingerprint density at radius 3 is 2.23 bits per heavy atom. The fraction of sp³-hybridized carbons (Fsp3) is 0.286. The number of hydrogen-bond donors (Lipinski definition) is 0. The van der Waals surface area contributed by atoms with Crippen molar-refractivity contribution in [3.8, 4) is 0 Å². The second kappa shape index (κ2) is 8.05. The fourth-order valence-corrected chi connectivity index (χ4v) is 2.94. The van der Waals surface area contributed by atoms with E-state index in [1.54, 1.807) is 0 Å². The van der Waals surface area contributed by atoms with Crippen molar-refractivity contribution in [3.63, 3.8) is 0 Å². The molecule has 0 aliphatic rings. The highest BCUT2D eigenvalue weighted by molar-refractivity contribution is 7.81. The van der Waals surface area contributed by atoms with Gasteiger partial charge in [0.1, 0.15) is 0 Å². The summed E-state index contributed by atoms with van der Waals surface area (Å²) in [5.74, 6) is 0. The van der Waals surface area contributed by atoms with E-state index >= 15 is 0 Å². The van der Waals surface area contributed by atoms with E-state index in [0.717, 1.165) is 29.7 Å². The van der Waals surface area contributed by atoms with Crippen molar-refractivity contribution in [3.05, 3.63) is 76.4 Å². The lowest BCUT2D eigenvalue weighted by Gasteiger charge is -2.09. The van der Waals surface area contributed by atoms with Crippen molar-refractivity contribution in [1.29, 1.82) is 0 Å². The molecule has 0 N–H and O–H groups in total. The molecule has 0 bridgehead atoms. The smallest absolute Gasteiger partial charge is 0.0449 e. The Morgan fingerprint density at radius 1 is 0.909 bits per heavy atom. The van der Waals surface area contributed by atoms with E-state index in [1.807, 2.05) is 0 Å². The molecule has 0 amide bonds. The van der Waals surface area contributed by atoms with Crippen LogP contribution in [0.2, 0.25) is 0 Å². The van der Waals surface area contributed by atoms with Crippen molar-refractivity contribution < 1.29 is 0 Å². The number of aryl methyl sites for hydroxylation is 2. The summed E-state index contributed by atoms with van der Waals surface area (Å²) in [5.41, 5.74) is 6.62. The normalized spacial score (nSPS) is 11.0. The Hall–Kier alpha value is -1.73. The predicted molar refractivity (Wildman–Crippen MR) is 102 cm³/mol. The Balaban J connectivity index is 2.22. The van der Waals surface area contributed by atoms with Crippen LogP contribution in [0, 0.1) is 0 Å². The molecular formula is C21H24S. The molecule has 114 valence electrons. The highest BCUT2D eigenvalue weighted by Gasteiger charge is 2.03. The highest BCUT2D eigenvalue weighted by Crippen LogP contribution is 2.18. The molecule has 0 nitrogen and oxygen atoms in total. The quantitative estimate of drug-likeness (QED) is 0.369. The lowest BCUT2D eigenvalue weighted by atomic mass is 9.96. The zero-order chi connectivity index (χ0) is 15.9. The Kier molecular flexibility index (Phi) is 6.09. The van der Waals surface area contributed by atoms with Gasteiger partial charge in [-0.2, -0.15) is 0 Å². The largest absolute Gasteiger partial charge is 0.0795 e. The molecule has 0 spiro atoms. The van der Waals surface area contributed by atoms with Gasteiger partial charge in [0.2, 0.25) is 0 Å². The zero-order valence-electron chi connectivity index (χ0n) is 13.7. The minimum Gasteiger partial charge on any atom is -0.0795 e. The Morgan fingerprint density at radius 2 is 1.64 bits per heavy atom. The van der Waals surface area contributed by atoms with Crippen LogP contribution in [-0.2, 0) is 19.3 Å². The van der Waals surface area contributed by atoms with Crippen molar-refractivity contribution >= 4 is 23.2 Å². The summed E-state index contributed by atoms with van der Waals surface area (Å²) in [6, 6.07) is 15.1. The Bertz CT molecular complexity index is 663. The number of hydrogen-bond acceptors (Lipinski definition) is 1. The first kappa shape index (κ1) is 16.6. The standard InChI is InChI=1S/C21H24S/c1-4-16-10-12-19(13-11-16)21(22)15-14-18-9-7-8-17(5-2)20(18)6-3/h7-15H,4-6H2,1-3H3.